The number of fused-ring (bicyclic) bond motifs is 1. The van der Waals surface area contributed by atoms with Crippen LogP contribution in [0.3, 0.4) is 0 Å². The number of nitrogens with one attached hydrogen (secondary N) is 1. The molecule has 186 valence electrons. The maximum absolute atomic E-state index is 12.6. The van der Waals surface area contributed by atoms with Crippen LogP contribution in [-0.4, -0.2) is 77.1 Å². The summed E-state index contributed by atoms with van der Waals surface area (Å²) in [6.07, 6.45) is -0.280. The van der Waals surface area contributed by atoms with Gasteiger partial charge in [-0.1, -0.05) is 12.1 Å². The van der Waals surface area contributed by atoms with Crippen molar-refractivity contribution in [3.05, 3.63) is 36.7 Å². The molecule has 8 nitrogen and oxygen atoms in total. The molecule has 4 heterocycles. The SMILES string of the molecule is C[C@@H](Oc1nc(-c2ccc(N3CCN(CC(F)F)CC3)cc2)cc2ncn(C)c12)[C@H]1CNC(=O)C1. The number of halogens is 2. The minimum atomic E-state index is -2.29. The summed E-state index contributed by atoms with van der Waals surface area (Å²) >= 11 is 0. The number of hydrogen-bond acceptors (Lipinski definition) is 6. The van der Waals surface area contributed by atoms with Gasteiger partial charge < -0.3 is 19.5 Å². The average molecular weight is 485 g/mol. The Morgan fingerprint density at radius 3 is 2.57 bits per heavy atom. The lowest BCUT2D eigenvalue weighted by atomic mass is 10.0. The number of carbonyl (C=O) groups excluding carboxylic acids is 1. The molecule has 2 saturated heterocycles. The second-order valence-corrected chi connectivity index (χ2v) is 9.35. The fourth-order valence-electron chi connectivity index (χ4n) is 4.83. The molecule has 1 aromatic carbocycles. The maximum atomic E-state index is 12.6. The van der Waals surface area contributed by atoms with Gasteiger partial charge in [-0.05, 0) is 25.1 Å². The van der Waals surface area contributed by atoms with Gasteiger partial charge in [0.1, 0.15) is 11.6 Å². The number of amides is 1. The number of alkyl halides is 2. The second-order valence-electron chi connectivity index (χ2n) is 9.35. The van der Waals surface area contributed by atoms with Crippen molar-refractivity contribution < 1.29 is 18.3 Å². The molecule has 2 aliphatic heterocycles. The van der Waals surface area contributed by atoms with E-state index >= 15 is 0 Å². The zero-order valence-electron chi connectivity index (χ0n) is 20.0. The number of carbonyl (C=O) groups is 1. The molecule has 0 radical (unpaired) electrons. The molecule has 2 aliphatic rings. The molecule has 3 aromatic rings. The summed E-state index contributed by atoms with van der Waals surface area (Å²) < 4.78 is 33.5. The maximum Gasteiger partial charge on any atom is 0.251 e. The van der Waals surface area contributed by atoms with E-state index in [1.54, 1.807) is 6.33 Å². The number of anilines is 1. The van der Waals surface area contributed by atoms with Crippen molar-refractivity contribution in [2.24, 2.45) is 13.0 Å². The van der Waals surface area contributed by atoms with Crippen LogP contribution in [0.5, 0.6) is 5.88 Å². The highest BCUT2D eigenvalue weighted by molar-refractivity contribution is 5.85. The van der Waals surface area contributed by atoms with E-state index in [4.69, 9.17) is 9.72 Å². The Balaban J connectivity index is 1.35. The molecular formula is C25H30F2N6O2. The lowest BCUT2D eigenvalue weighted by molar-refractivity contribution is -0.119. The molecule has 10 heteroatoms. The first-order valence-corrected chi connectivity index (χ1v) is 12.0. The summed E-state index contributed by atoms with van der Waals surface area (Å²) in [5, 5.41) is 2.86. The number of nitrogens with zero attached hydrogens (tertiary/aromatic N) is 5. The summed E-state index contributed by atoms with van der Waals surface area (Å²) in [6.45, 7) is 5.11. The molecule has 0 unspecified atom stereocenters. The van der Waals surface area contributed by atoms with E-state index in [0.717, 1.165) is 41.1 Å². The summed E-state index contributed by atoms with van der Waals surface area (Å²) in [4.78, 5) is 25.0. The van der Waals surface area contributed by atoms with Crippen LogP contribution in [0.1, 0.15) is 13.3 Å². The largest absolute Gasteiger partial charge is 0.473 e. The third-order valence-electron chi connectivity index (χ3n) is 6.93. The van der Waals surface area contributed by atoms with Crippen LogP contribution in [0.4, 0.5) is 14.5 Å². The predicted octanol–water partition coefficient (Wildman–Crippen LogP) is 2.93. The van der Waals surface area contributed by atoms with E-state index in [9.17, 15) is 13.6 Å². The lowest BCUT2D eigenvalue weighted by Crippen LogP contribution is -2.47. The first-order valence-electron chi connectivity index (χ1n) is 12.0. The highest BCUT2D eigenvalue weighted by Gasteiger charge is 2.29. The van der Waals surface area contributed by atoms with Gasteiger partial charge in [0, 0.05) is 63.4 Å². The topological polar surface area (TPSA) is 75.5 Å². The van der Waals surface area contributed by atoms with Crippen LogP contribution in [0.15, 0.2) is 36.7 Å². The van der Waals surface area contributed by atoms with Crippen LogP contribution < -0.4 is 15.0 Å². The Morgan fingerprint density at radius 2 is 1.91 bits per heavy atom. The molecule has 2 fully saturated rings. The molecule has 0 bridgehead atoms. The molecule has 1 amide bonds. The van der Waals surface area contributed by atoms with Gasteiger partial charge in [0.2, 0.25) is 11.8 Å². The number of piperazine rings is 1. The van der Waals surface area contributed by atoms with Gasteiger partial charge in [-0.15, -0.1) is 0 Å². The third-order valence-corrected chi connectivity index (χ3v) is 6.93. The fourth-order valence-corrected chi connectivity index (χ4v) is 4.83. The molecule has 2 aromatic heterocycles. The first-order chi connectivity index (χ1) is 16.9. The molecule has 35 heavy (non-hydrogen) atoms. The van der Waals surface area contributed by atoms with Crippen molar-refractivity contribution in [2.75, 3.05) is 44.2 Å². The van der Waals surface area contributed by atoms with Crippen LogP contribution in [0.2, 0.25) is 0 Å². The number of pyridine rings is 1. The minimum absolute atomic E-state index is 0.0494. The van der Waals surface area contributed by atoms with E-state index < -0.39 is 6.43 Å². The normalized spacial score (nSPS) is 20.0. The molecule has 5 rings (SSSR count). The van der Waals surface area contributed by atoms with E-state index in [1.165, 1.54) is 0 Å². The van der Waals surface area contributed by atoms with Gasteiger partial charge in [-0.25, -0.2) is 18.7 Å². The zero-order valence-corrected chi connectivity index (χ0v) is 20.0. The van der Waals surface area contributed by atoms with Crippen LogP contribution >= 0.6 is 0 Å². The van der Waals surface area contributed by atoms with Crippen molar-refractivity contribution in [3.63, 3.8) is 0 Å². The average Bonchev–Trinajstić information content (AvgIpc) is 3.45. The third kappa shape index (κ3) is 5.07. The van der Waals surface area contributed by atoms with Crippen molar-refractivity contribution >= 4 is 22.6 Å². The van der Waals surface area contributed by atoms with Crippen molar-refractivity contribution in [3.8, 4) is 17.1 Å². The molecule has 2 atom stereocenters. The van der Waals surface area contributed by atoms with Gasteiger partial charge >= 0.3 is 0 Å². The number of benzene rings is 1. The number of rotatable bonds is 7. The molecule has 1 N–H and O–H groups in total. The van der Waals surface area contributed by atoms with Crippen molar-refractivity contribution in [2.45, 2.75) is 25.9 Å². The number of hydrogen-bond donors (Lipinski definition) is 1. The summed E-state index contributed by atoms with van der Waals surface area (Å²) in [5.41, 5.74) is 4.36. The number of imidazole rings is 1. The molecule has 0 saturated carbocycles. The number of ether oxygens (including phenoxy) is 1. The number of aromatic nitrogens is 3. The highest BCUT2D eigenvalue weighted by atomic mass is 19.3. The Hall–Kier alpha value is -3.27. The smallest absolute Gasteiger partial charge is 0.251 e. The predicted molar refractivity (Wildman–Crippen MR) is 130 cm³/mol. The lowest BCUT2D eigenvalue weighted by Gasteiger charge is -2.36. The second kappa shape index (κ2) is 9.77. The van der Waals surface area contributed by atoms with Gasteiger partial charge in [0.15, 0.2) is 0 Å². The van der Waals surface area contributed by atoms with Crippen molar-refractivity contribution in [1.82, 2.24) is 24.8 Å². The van der Waals surface area contributed by atoms with Gasteiger partial charge in [-0.3, -0.25) is 9.69 Å². The first kappa shape index (κ1) is 23.5. The Labute approximate surface area is 202 Å². The summed E-state index contributed by atoms with van der Waals surface area (Å²) in [5.74, 6) is 0.647. The summed E-state index contributed by atoms with van der Waals surface area (Å²) in [6, 6.07) is 10.1. The fraction of sp³-hybridized carbons (Fsp3) is 0.480. The van der Waals surface area contributed by atoms with E-state index in [2.05, 4.69) is 15.2 Å². The van der Waals surface area contributed by atoms with Gasteiger partial charge in [-0.2, -0.15) is 0 Å². The van der Waals surface area contributed by atoms with Gasteiger partial charge in [0.05, 0.1) is 24.1 Å². The van der Waals surface area contributed by atoms with Crippen molar-refractivity contribution in [1.29, 1.82) is 0 Å². The Bertz CT molecular complexity index is 1190. The van der Waals surface area contributed by atoms with Crippen LogP contribution in [-0.2, 0) is 11.8 Å². The van der Waals surface area contributed by atoms with Crippen LogP contribution in [0, 0.1) is 5.92 Å². The van der Waals surface area contributed by atoms with Gasteiger partial charge in [0.25, 0.3) is 6.43 Å². The summed E-state index contributed by atoms with van der Waals surface area (Å²) in [7, 11) is 1.91. The van der Waals surface area contributed by atoms with E-state index in [-0.39, 0.29) is 24.5 Å². The van der Waals surface area contributed by atoms with E-state index in [1.807, 2.05) is 53.8 Å². The highest BCUT2D eigenvalue weighted by Crippen LogP contribution is 2.31. The van der Waals surface area contributed by atoms with E-state index in [0.29, 0.717) is 31.9 Å². The monoisotopic (exact) mass is 484 g/mol. The minimum Gasteiger partial charge on any atom is -0.473 e. The molecular weight excluding hydrogens is 454 g/mol. The Kier molecular flexibility index (Phi) is 6.55. The Morgan fingerprint density at radius 1 is 1.17 bits per heavy atom. The molecule has 0 spiro atoms. The quantitative estimate of drug-likeness (QED) is 0.556. The number of aryl methyl sites for hydroxylation is 1. The zero-order chi connectivity index (χ0) is 24.5. The molecule has 0 aliphatic carbocycles. The van der Waals surface area contributed by atoms with Crippen LogP contribution in [0.25, 0.3) is 22.3 Å². The standard InChI is InChI=1S/C25H30F2N6O2/c1-16(18-11-23(34)28-13-18)35-25-24-21(29-15-31(24)2)12-20(30-25)17-3-5-19(6-4-17)33-9-7-32(8-10-33)14-22(26)27/h3-6,12,15-16,18,22H,7-11,13-14H2,1-2H3,(H,28,34)/t16-,18-/m1/s1.